The third-order valence-electron chi connectivity index (χ3n) is 3.03. The van der Waals surface area contributed by atoms with E-state index in [4.69, 9.17) is 0 Å². The number of pyridine rings is 1. The van der Waals surface area contributed by atoms with Gasteiger partial charge in [-0.25, -0.2) is 0 Å². The highest BCUT2D eigenvalue weighted by Crippen LogP contribution is 2.19. The molecular weight excluding hydrogens is 288 g/mol. The Hall–Kier alpha value is -1.19. The third kappa shape index (κ3) is 3.65. The minimum atomic E-state index is 0.394. The molecule has 0 saturated carbocycles. The van der Waals surface area contributed by atoms with E-state index in [0.29, 0.717) is 6.04 Å². The predicted octanol–water partition coefficient (Wildman–Crippen LogP) is 3.74. The van der Waals surface area contributed by atoms with Crippen molar-refractivity contribution in [1.82, 2.24) is 10.3 Å². The molecule has 94 valence electrons. The van der Waals surface area contributed by atoms with E-state index in [0.717, 1.165) is 17.3 Å². The first kappa shape index (κ1) is 13.2. The monoisotopic (exact) mass is 304 g/mol. The van der Waals surface area contributed by atoms with Crippen molar-refractivity contribution in [2.24, 2.45) is 0 Å². The van der Waals surface area contributed by atoms with Crippen LogP contribution in [-0.4, -0.2) is 12.0 Å². The van der Waals surface area contributed by atoms with Crippen LogP contribution in [0.3, 0.4) is 0 Å². The number of rotatable bonds is 5. The van der Waals surface area contributed by atoms with Crippen LogP contribution < -0.4 is 5.32 Å². The molecule has 2 rings (SSSR count). The average molecular weight is 305 g/mol. The summed E-state index contributed by atoms with van der Waals surface area (Å²) in [5, 5.41) is 3.37. The smallest absolute Gasteiger partial charge is 0.0410 e. The van der Waals surface area contributed by atoms with Gasteiger partial charge in [0.25, 0.3) is 0 Å². The summed E-state index contributed by atoms with van der Waals surface area (Å²) in [5.74, 6) is 0. The van der Waals surface area contributed by atoms with Crippen LogP contribution in [0.25, 0.3) is 0 Å². The molecule has 1 aromatic heterocycles. The molecule has 1 aromatic carbocycles. The fourth-order valence-electron chi connectivity index (χ4n) is 2.07. The quantitative estimate of drug-likeness (QED) is 0.910. The van der Waals surface area contributed by atoms with Crippen molar-refractivity contribution in [2.45, 2.75) is 18.9 Å². The zero-order chi connectivity index (χ0) is 12.8. The van der Waals surface area contributed by atoms with E-state index in [9.17, 15) is 0 Å². The Labute approximate surface area is 117 Å². The Morgan fingerprint density at radius 2 is 2.00 bits per heavy atom. The normalized spacial score (nSPS) is 12.3. The molecule has 0 aliphatic heterocycles. The number of benzene rings is 1. The van der Waals surface area contributed by atoms with Crippen LogP contribution in [0.1, 0.15) is 23.6 Å². The van der Waals surface area contributed by atoms with Crippen molar-refractivity contribution in [2.75, 3.05) is 7.05 Å². The summed E-state index contributed by atoms with van der Waals surface area (Å²) < 4.78 is 1.04. The Kier molecular flexibility index (Phi) is 4.90. The van der Waals surface area contributed by atoms with Gasteiger partial charge in [0, 0.05) is 22.9 Å². The Morgan fingerprint density at radius 1 is 1.22 bits per heavy atom. The maximum atomic E-state index is 4.19. The number of nitrogens with zero attached hydrogens (tertiary/aromatic N) is 1. The van der Waals surface area contributed by atoms with Gasteiger partial charge >= 0.3 is 0 Å². The number of aryl methyl sites for hydroxylation is 1. The number of halogens is 1. The second-order valence-corrected chi connectivity index (χ2v) is 5.22. The molecule has 3 heteroatoms. The van der Waals surface area contributed by atoms with Crippen LogP contribution in [0.2, 0.25) is 0 Å². The molecule has 0 saturated heterocycles. The zero-order valence-corrected chi connectivity index (χ0v) is 12.0. The molecule has 0 amide bonds. The van der Waals surface area contributed by atoms with E-state index in [-0.39, 0.29) is 0 Å². The lowest BCUT2D eigenvalue weighted by Gasteiger charge is -2.16. The van der Waals surface area contributed by atoms with Crippen LogP contribution >= 0.6 is 15.9 Å². The van der Waals surface area contributed by atoms with Gasteiger partial charge < -0.3 is 5.32 Å². The summed E-state index contributed by atoms with van der Waals surface area (Å²) in [7, 11) is 2.01. The summed E-state index contributed by atoms with van der Waals surface area (Å²) in [6.45, 7) is 0. The fourth-order valence-corrected chi connectivity index (χ4v) is 2.48. The maximum Gasteiger partial charge on any atom is 0.0410 e. The molecule has 2 nitrogen and oxygen atoms in total. The van der Waals surface area contributed by atoms with Gasteiger partial charge in [-0.05, 0) is 53.0 Å². The van der Waals surface area contributed by atoms with Gasteiger partial charge in [0.15, 0.2) is 0 Å². The van der Waals surface area contributed by atoms with E-state index in [1.165, 1.54) is 11.1 Å². The molecule has 0 aliphatic rings. The summed E-state index contributed by atoms with van der Waals surface area (Å²) in [5.41, 5.74) is 2.60. The highest BCUT2D eigenvalue weighted by Gasteiger charge is 2.08. The molecule has 1 unspecified atom stereocenters. The van der Waals surface area contributed by atoms with E-state index < -0.39 is 0 Å². The minimum absolute atomic E-state index is 0.394. The Bertz CT molecular complexity index is 485. The highest BCUT2D eigenvalue weighted by molar-refractivity contribution is 9.10. The van der Waals surface area contributed by atoms with Gasteiger partial charge in [-0.3, -0.25) is 4.98 Å². The van der Waals surface area contributed by atoms with E-state index in [1.807, 2.05) is 19.4 Å². The van der Waals surface area contributed by atoms with Crippen molar-refractivity contribution in [3.63, 3.8) is 0 Å². The van der Waals surface area contributed by atoms with Gasteiger partial charge in [0.2, 0.25) is 0 Å². The largest absolute Gasteiger partial charge is 0.313 e. The first-order chi connectivity index (χ1) is 8.79. The lowest BCUT2D eigenvalue weighted by atomic mass is 10.00. The molecule has 1 heterocycles. The highest BCUT2D eigenvalue weighted by atomic mass is 79.9. The van der Waals surface area contributed by atoms with E-state index >= 15 is 0 Å². The van der Waals surface area contributed by atoms with Crippen molar-refractivity contribution in [3.8, 4) is 0 Å². The van der Waals surface area contributed by atoms with Crippen molar-refractivity contribution >= 4 is 15.9 Å². The van der Waals surface area contributed by atoms with Crippen LogP contribution in [0.15, 0.2) is 53.3 Å². The zero-order valence-electron chi connectivity index (χ0n) is 10.4. The summed E-state index contributed by atoms with van der Waals surface area (Å²) >= 11 is 3.45. The fraction of sp³-hybridized carbons (Fsp3) is 0.267. The van der Waals surface area contributed by atoms with Gasteiger partial charge in [0.05, 0.1) is 0 Å². The Morgan fingerprint density at radius 3 is 2.67 bits per heavy atom. The minimum Gasteiger partial charge on any atom is -0.313 e. The summed E-state index contributed by atoms with van der Waals surface area (Å²) in [6, 6.07) is 13.1. The summed E-state index contributed by atoms with van der Waals surface area (Å²) in [4.78, 5) is 4.19. The molecule has 0 spiro atoms. The average Bonchev–Trinajstić information content (AvgIpc) is 2.41. The molecular formula is C15H17BrN2. The number of hydrogen-bond donors (Lipinski definition) is 1. The van der Waals surface area contributed by atoms with E-state index in [2.05, 4.69) is 62.6 Å². The van der Waals surface area contributed by atoms with Crippen molar-refractivity contribution in [1.29, 1.82) is 0 Å². The molecule has 0 fully saturated rings. The van der Waals surface area contributed by atoms with Gasteiger partial charge in [-0.2, -0.15) is 0 Å². The number of hydrogen-bond acceptors (Lipinski definition) is 2. The molecule has 2 aromatic rings. The standard InChI is InChI=1S/C15H17BrN2/c1-17-15(13-5-3-2-4-6-13)8-7-12-9-14(16)11-18-10-12/h2-6,9-11,15,17H,7-8H2,1H3. The third-order valence-corrected chi connectivity index (χ3v) is 3.47. The topological polar surface area (TPSA) is 24.9 Å². The molecule has 1 atom stereocenters. The SMILES string of the molecule is CNC(CCc1cncc(Br)c1)c1ccccc1. The van der Waals surface area contributed by atoms with Gasteiger partial charge in [0.1, 0.15) is 0 Å². The summed E-state index contributed by atoms with van der Waals surface area (Å²) in [6.07, 6.45) is 5.84. The van der Waals surface area contributed by atoms with Crippen LogP contribution in [0.4, 0.5) is 0 Å². The molecule has 1 N–H and O–H groups in total. The predicted molar refractivity (Wildman–Crippen MR) is 78.5 cm³/mol. The van der Waals surface area contributed by atoms with Gasteiger partial charge in [-0.15, -0.1) is 0 Å². The molecule has 0 bridgehead atoms. The second kappa shape index (κ2) is 6.66. The van der Waals surface area contributed by atoms with E-state index in [1.54, 1.807) is 0 Å². The van der Waals surface area contributed by atoms with Gasteiger partial charge in [-0.1, -0.05) is 30.3 Å². The van der Waals surface area contributed by atoms with Crippen LogP contribution in [0.5, 0.6) is 0 Å². The number of nitrogens with one attached hydrogen (secondary N) is 1. The molecule has 18 heavy (non-hydrogen) atoms. The Balaban J connectivity index is 2.00. The van der Waals surface area contributed by atoms with Crippen LogP contribution in [0, 0.1) is 0 Å². The lowest BCUT2D eigenvalue weighted by Crippen LogP contribution is -2.17. The molecule has 0 aliphatic carbocycles. The maximum absolute atomic E-state index is 4.19. The first-order valence-electron chi connectivity index (χ1n) is 6.11. The molecule has 0 radical (unpaired) electrons. The lowest BCUT2D eigenvalue weighted by molar-refractivity contribution is 0.549. The second-order valence-electron chi connectivity index (χ2n) is 4.30. The van der Waals surface area contributed by atoms with Crippen molar-refractivity contribution < 1.29 is 0 Å². The number of aromatic nitrogens is 1. The first-order valence-corrected chi connectivity index (χ1v) is 6.90. The van der Waals surface area contributed by atoms with Crippen LogP contribution in [-0.2, 0) is 6.42 Å². The van der Waals surface area contributed by atoms with Crippen molar-refractivity contribution in [3.05, 3.63) is 64.4 Å².